The van der Waals surface area contributed by atoms with Gasteiger partial charge in [0.15, 0.2) is 0 Å². The first-order chi connectivity index (χ1) is 12.7. The van der Waals surface area contributed by atoms with E-state index in [9.17, 15) is 9.18 Å². The number of amides is 1. The number of carbonyl (C=O) groups is 1. The highest BCUT2D eigenvalue weighted by Gasteiger charge is 2.28. The summed E-state index contributed by atoms with van der Waals surface area (Å²) in [5, 5.41) is 4.49. The maximum absolute atomic E-state index is 13.8. The van der Waals surface area contributed by atoms with Crippen LogP contribution in [-0.4, -0.2) is 41.5 Å². The molecule has 26 heavy (non-hydrogen) atoms. The van der Waals surface area contributed by atoms with Gasteiger partial charge in [-0.3, -0.25) is 4.79 Å². The highest BCUT2D eigenvalue weighted by Crippen LogP contribution is 2.20. The first kappa shape index (κ1) is 16.8. The SMILES string of the molecule is O=C1C(Cc2c[nH]c3ccccc23)NCCN1CCc1ccccc1F. The van der Waals surface area contributed by atoms with Crippen molar-refractivity contribution in [1.82, 2.24) is 15.2 Å². The van der Waals surface area contributed by atoms with Gasteiger partial charge in [-0.1, -0.05) is 36.4 Å². The lowest BCUT2D eigenvalue weighted by molar-refractivity contribution is -0.135. The van der Waals surface area contributed by atoms with Crippen LogP contribution in [0.4, 0.5) is 4.39 Å². The number of hydrogen-bond acceptors (Lipinski definition) is 2. The maximum atomic E-state index is 13.8. The maximum Gasteiger partial charge on any atom is 0.240 e. The van der Waals surface area contributed by atoms with E-state index in [0.717, 1.165) is 23.0 Å². The Morgan fingerprint density at radius 3 is 2.77 bits per heavy atom. The summed E-state index contributed by atoms with van der Waals surface area (Å²) in [6.07, 6.45) is 3.18. The van der Waals surface area contributed by atoms with E-state index in [4.69, 9.17) is 0 Å². The van der Waals surface area contributed by atoms with Crippen LogP contribution in [0.1, 0.15) is 11.1 Å². The number of nitrogens with zero attached hydrogens (tertiary/aromatic N) is 1. The quantitative estimate of drug-likeness (QED) is 0.743. The molecule has 1 saturated heterocycles. The molecule has 3 aromatic rings. The molecule has 0 bridgehead atoms. The number of nitrogens with one attached hydrogen (secondary N) is 2. The molecule has 2 heterocycles. The Bertz CT molecular complexity index is 920. The van der Waals surface area contributed by atoms with Crippen molar-refractivity contribution in [2.45, 2.75) is 18.9 Å². The Hall–Kier alpha value is -2.66. The normalized spacial score (nSPS) is 17.8. The minimum Gasteiger partial charge on any atom is -0.361 e. The van der Waals surface area contributed by atoms with E-state index < -0.39 is 0 Å². The molecular formula is C21H22FN3O. The summed E-state index contributed by atoms with van der Waals surface area (Å²) < 4.78 is 13.8. The largest absolute Gasteiger partial charge is 0.361 e. The molecule has 0 saturated carbocycles. The minimum atomic E-state index is -0.233. The lowest BCUT2D eigenvalue weighted by Gasteiger charge is -2.33. The van der Waals surface area contributed by atoms with E-state index >= 15 is 0 Å². The Kier molecular flexibility index (Phi) is 4.71. The highest BCUT2D eigenvalue weighted by atomic mass is 19.1. The molecule has 1 amide bonds. The topological polar surface area (TPSA) is 48.1 Å². The summed E-state index contributed by atoms with van der Waals surface area (Å²) in [4.78, 5) is 18.0. The number of piperazine rings is 1. The average Bonchev–Trinajstić information content (AvgIpc) is 3.07. The molecule has 0 spiro atoms. The van der Waals surface area contributed by atoms with E-state index in [1.165, 1.54) is 6.07 Å². The van der Waals surface area contributed by atoms with Crippen LogP contribution in [0.15, 0.2) is 54.7 Å². The van der Waals surface area contributed by atoms with Crippen molar-refractivity contribution >= 4 is 16.8 Å². The second-order valence-corrected chi connectivity index (χ2v) is 6.74. The smallest absolute Gasteiger partial charge is 0.240 e. The van der Waals surface area contributed by atoms with Crippen molar-refractivity contribution in [2.75, 3.05) is 19.6 Å². The van der Waals surface area contributed by atoms with Gasteiger partial charge in [-0.2, -0.15) is 0 Å². The Morgan fingerprint density at radius 2 is 1.88 bits per heavy atom. The third kappa shape index (κ3) is 3.35. The van der Waals surface area contributed by atoms with Crippen molar-refractivity contribution in [3.63, 3.8) is 0 Å². The van der Waals surface area contributed by atoms with Crippen LogP contribution >= 0.6 is 0 Å². The van der Waals surface area contributed by atoms with Crippen LogP contribution in [0.2, 0.25) is 0 Å². The first-order valence-corrected chi connectivity index (χ1v) is 9.03. The lowest BCUT2D eigenvalue weighted by Crippen LogP contribution is -2.56. The van der Waals surface area contributed by atoms with Gasteiger partial charge in [0.2, 0.25) is 5.91 Å². The fraction of sp³-hybridized carbons (Fsp3) is 0.286. The number of carbonyl (C=O) groups excluding carboxylic acids is 1. The molecule has 2 N–H and O–H groups in total. The zero-order chi connectivity index (χ0) is 17.9. The molecule has 1 aliphatic heterocycles. The Balaban J connectivity index is 1.43. The molecule has 4 rings (SSSR count). The van der Waals surface area contributed by atoms with Crippen molar-refractivity contribution in [2.24, 2.45) is 0 Å². The number of aromatic amines is 1. The van der Waals surface area contributed by atoms with E-state index in [-0.39, 0.29) is 17.8 Å². The minimum absolute atomic E-state index is 0.0953. The summed E-state index contributed by atoms with van der Waals surface area (Å²) in [6.45, 7) is 1.97. The molecular weight excluding hydrogens is 329 g/mol. The molecule has 5 heteroatoms. The number of benzene rings is 2. The van der Waals surface area contributed by atoms with Gasteiger partial charge < -0.3 is 15.2 Å². The lowest BCUT2D eigenvalue weighted by atomic mass is 10.0. The van der Waals surface area contributed by atoms with Gasteiger partial charge >= 0.3 is 0 Å². The fourth-order valence-electron chi connectivity index (χ4n) is 3.65. The molecule has 0 radical (unpaired) electrons. The molecule has 1 atom stereocenters. The number of rotatable bonds is 5. The van der Waals surface area contributed by atoms with E-state index in [2.05, 4.69) is 16.4 Å². The van der Waals surface area contributed by atoms with Gasteiger partial charge in [0.1, 0.15) is 5.82 Å². The molecule has 1 unspecified atom stereocenters. The van der Waals surface area contributed by atoms with Gasteiger partial charge in [0, 0.05) is 36.7 Å². The molecule has 2 aromatic carbocycles. The van der Waals surface area contributed by atoms with Crippen molar-refractivity contribution < 1.29 is 9.18 Å². The number of hydrogen-bond donors (Lipinski definition) is 2. The number of fused-ring (bicyclic) bond motifs is 1. The molecule has 4 nitrogen and oxygen atoms in total. The molecule has 1 aromatic heterocycles. The van der Waals surface area contributed by atoms with Crippen LogP contribution in [0.3, 0.4) is 0 Å². The summed E-state index contributed by atoms with van der Waals surface area (Å²) in [5.74, 6) is -0.108. The molecule has 1 fully saturated rings. The third-order valence-corrected chi connectivity index (χ3v) is 5.09. The number of H-pyrrole nitrogens is 1. The second kappa shape index (κ2) is 7.30. The van der Waals surface area contributed by atoms with Crippen LogP contribution < -0.4 is 5.32 Å². The van der Waals surface area contributed by atoms with Crippen molar-refractivity contribution in [3.8, 4) is 0 Å². The van der Waals surface area contributed by atoms with E-state index in [1.807, 2.05) is 35.4 Å². The zero-order valence-corrected chi connectivity index (χ0v) is 14.5. The van der Waals surface area contributed by atoms with Crippen LogP contribution in [0.5, 0.6) is 0 Å². The average molecular weight is 351 g/mol. The van der Waals surface area contributed by atoms with Gasteiger partial charge in [0.05, 0.1) is 6.04 Å². The predicted molar refractivity (Wildman–Crippen MR) is 100 cm³/mol. The zero-order valence-electron chi connectivity index (χ0n) is 14.5. The predicted octanol–water partition coefficient (Wildman–Crippen LogP) is 2.89. The van der Waals surface area contributed by atoms with Crippen LogP contribution in [0.25, 0.3) is 10.9 Å². The molecule has 134 valence electrons. The van der Waals surface area contributed by atoms with Crippen molar-refractivity contribution in [1.29, 1.82) is 0 Å². The highest BCUT2D eigenvalue weighted by molar-refractivity contribution is 5.86. The summed E-state index contributed by atoms with van der Waals surface area (Å²) in [7, 11) is 0. The van der Waals surface area contributed by atoms with Gasteiger partial charge in [0.25, 0.3) is 0 Å². The van der Waals surface area contributed by atoms with Crippen LogP contribution in [-0.2, 0) is 17.6 Å². The number of aromatic nitrogens is 1. The molecule has 0 aliphatic carbocycles. The monoisotopic (exact) mass is 351 g/mol. The van der Waals surface area contributed by atoms with Gasteiger partial charge in [-0.05, 0) is 36.1 Å². The summed E-state index contributed by atoms with van der Waals surface area (Å²) in [6, 6.07) is 14.7. The summed E-state index contributed by atoms with van der Waals surface area (Å²) >= 11 is 0. The van der Waals surface area contributed by atoms with E-state index in [0.29, 0.717) is 31.5 Å². The van der Waals surface area contributed by atoms with Gasteiger partial charge in [-0.15, -0.1) is 0 Å². The fourth-order valence-corrected chi connectivity index (χ4v) is 3.65. The Labute approximate surface area is 152 Å². The van der Waals surface area contributed by atoms with E-state index in [1.54, 1.807) is 12.1 Å². The Morgan fingerprint density at radius 1 is 1.08 bits per heavy atom. The molecule has 1 aliphatic rings. The standard InChI is InChI=1S/C21H22FN3O/c22-18-7-3-1-5-15(18)9-11-25-12-10-23-20(21(25)26)13-16-14-24-19-8-4-2-6-17(16)19/h1-8,14,20,23-24H,9-13H2. The summed E-state index contributed by atoms with van der Waals surface area (Å²) in [5.41, 5.74) is 2.89. The van der Waals surface area contributed by atoms with Gasteiger partial charge in [-0.25, -0.2) is 4.39 Å². The third-order valence-electron chi connectivity index (χ3n) is 5.09. The second-order valence-electron chi connectivity index (χ2n) is 6.74. The van der Waals surface area contributed by atoms with Crippen LogP contribution in [0, 0.1) is 5.82 Å². The first-order valence-electron chi connectivity index (χ1n) is 9.03. The number of halogens is 1. The van der Waals surface area contributed by atoms with Crippen molar-refractivity contribution in [3.05, 3.63) is 71.7 Å². The number of para-hydroxylation sites is 1.